The zero-order chi connectivity index (χ0) is 13.1. The number of nitrogens with two attached hydrogens (primary N) is 1. The molecule has 0 spiro atoms. The number of rotatable bonds is 4. The number of carbonyl (C=O) groups is 1. The molecule has 1 amide bonds. The first-order valence-electron chi connectivity index (χ1n) is 5.69. The van der Waals surface area contributed by atoms with Crippen molar-refractivity contribution in [1.29, 1.82) is 0 Å². The average Bonchev–Trinajstić information content (AvgIpc) is 2.27. The maximum atomic E-state index is 11.6. The van der Waals surface area contributed by atoms with Crippen molar-refractivity contribution in [2.45, 2.75) is 20.8 Å². The van der Waals surface area contributed by atoms with E-state index in [1.807, 2.05) is 39.0 Å². The Bertz CT molecular complexity index is 393. The van der Waals surface area contributed by atoms with E-state index in [2.05, 4.69) is 10.6 Å². The van der Waals surface area contributed by atoms with Gasteiger partial charge in [0, 0.05) is 13.6 Å². The molecule has 0 radical (unpaired) electrons. The minimum atomic E-state index is -0.469. The summed E-state index contributed by atoms with van der Waals surface area (Å²) in [5.41, 5.74) is 8.12. The Morgan fingerprint density at radius 2 is 2.06 bits per heavy atom. The lowest BCUT2D eigenvalue weighted by atomic mass is 9.92. The van der Waals surface area contributed by atoms with Gasteiger partial charge in [-0.2, -0.15) is 0 Å². The lowest BCUT2D eigenvalue weighted by Gasteiger charge is -2.24. The van der Waals surface area contributed by atoms with Crippen molar-refractivity contribution in [3.8, 4) is 0 Å². The van der Waals surface area contributed by atoms with Crippen LogP contribution in [0.25, 0.3) is 0 Å². The Morgan fingerprint density at radius 1 is 1.41 bits per heavy atom. The number of para-hydroxylation sites is 1. The highest BCUT2D eigenvalue weighted by Crippen LogP contribution is 2.24. The van der Waals surface area contributed by atoms with Crippen molar-refractivity contribution < 1.29 is 4.79 Å². The molecule has 0 fully saturated rings. The molecule has 0 saturated heterocycles. The highest BCUT2D eigenvalue weighted by atomic mass is 16.2. The number of hydrogen-bond donors (Lipinski definition) is 3. The van der Waals surface area contributed by atoms with Gasteiger partial charge in [0.15, 0.2) is 0 Å². The van der Waals surface area contributed by atoms with E-state index in [0.717, 1.165) is 11.3 Å². The Balaban J connectivity index is 2.77. The Kier molecular flexibility index (Phi) is 3.99. The van der Waals surface area contributed by atoms with Crippen molar-refractivity contribution in [3.05, 3.63) is 23.8 Å². The van der Waals surface area contributed by atoms with Gasteiger partial charge in [0.2, 0.25) is 5.91 Å². The number of nitrogens with one attached hydrogen (secondary N) is 2. The van der Waals surface area contributed by atoms with E-state index in [-0.39, 0.29) is 5.91 Å². The predicted molar refractivity (Wildman–Crippen MR) is 71.9 cm³/mol. The van der Waals surface area contributed by atoms with E-state index in [4.69, 9.17) is 5.73 Å². The molecule has 0 saturated carbocycles. The summed E-state index contributed by atoms with van der Waals surface area (Å²) in [7, 11) is 1.65. The van der Waals surface area contributed by atoms with Crippen molar-refractivity contribution >= 4 is 17.3 Å². The monoisotopic (exact) mass is 235 g/mol. The first kappa shape index (κ1) is 13.4. The second kappa shape index (κ2) is 5.08. The second-order valence-electron chi connectivity index (χ2n) is 4.86. The van der Waals surface area contributed by atoms with Gasteiger partial charge in [0.1, 0.15) is 0 Å². The van der Waals surface area contributed by atoms with E-state index in [9.17, 15) is 4.79 Å². The molecule has 4 N–H and O–H groups in total. The fraction of sp³-hybridized carbons (Fsp3) is 0.462. The van der Waals surface area contributed by atoms with Crippen LogP contribution in [0.5, 0.6) is 0 Å². The van der Waals surface area contributed by atoms with Gasteiger partial charge >= 0.3 is 0 Å². The maximum Gasteiger partial charge on any atom is 0.227 e. The summed E-state index contributed by atoms with van der Waals surface area (Å²) in [5.74, 6) is 0.0113. The van der Waals surface area contributed by atoms with Crippen LogP contribution in [0.15, 0.2) is 18.2 Å². The maximum absolute atomic E-state index is 11.6. The summed E-state index contributed by atoms with van der Waals surface area (Å²) in [6.07, 6.45) is 0. The van der Waals surface area contributed by atoms with Gasteiger partial charge in [-0.1, -0.05) is 12.1 Å². The lowest BCUT2D eigenvalue weighted by molar-refractivity contribution is -0.128. The SMILES string of the molecule is CNC(=O)C(C)(C)CNc1c(C)cccc1N. The van der Waals surface area contributed by atoms with Crippen LogP contribution in [0.2, 0.25) is 0 Å². The molecule has 0 aliphatic carbocycles. The van der Waals surface area contributed by atoms with E-state index < -0.39 is 5.41 Å². The van der Waals surface area contributed by atoms with Crippen molar-refractivity contribution in [2.24, 2.45) is 5.41 Å². The minimum absolute atomic E-state index is 0.0113. The summed E-state index contributed by atoms with van der Waals surface area (Å²) in [6, 6.07) is 5.76. The van der Waals surface area contributed by atoms with Gasteiger partial charge in [-0.25, -0.2) is 0 Å². The molecule has 4 heteroatoms. The Labute approximate surface area is 103 Å². The lowest BCUT2D eigenvalue weighted by Crippen LogP contribution is -2.39. The molecular weight excluding hydrogens is 214 g/mol. The number of aryl methyl sites for hydroxylation is 1. The molecule has 1 aromatic carbocycles. The highest BCUT2D eigenvalue weighted by Gasteiger charge is 2.26. The van der Waals surface area contributed by atoms with Crippen molar-refractivity contribution in [1.82, 2.24) is 5.32 Å². The van der Waals surface area contributed by atoms with Gasteiger partial charge < -0.3 is 16.4 Å². The topological polar surface area (TPSA) is 67.2 Å². The van der Waals surface area contributed by atoms with E-state index in [1.165, 1.54) is 0 Å². The number of anilines is 2. The zero-order valence-corrected chi connectivity index (χ0v) is 10.9. The van der Waals surface area contributed by atoms with Gasteiger partial charge in [-0.3, -0.25) is 4.79 Å². The zero-order valence-electron chi connectivity index (χ0n) is 10.9. The molecule has 1 rings (SSSR count). The van der Waals surface area contributed by atoms with Gasteiger partial charge in [0.25, 0.3) is 0 Å². The Morgan fingerprint density at radius 3 is 2.59 bits per heavy atom. The highest BCUT2D eigenvalue weighted by molar-refractivity contribution is 5.82. The third-order valence-electron chi connectivity index (χ3n) is 2.85. The van der Waals surface area contributed by atoms with Gasteiger partial charge in [-0.15, -0.1) is 0 Å². The fourth-order valence-corrected chi connectivity index (χ4v) is 1.66. The normalized spacial score (nSPS) is 11.1. The quantitative estimate of drug-likeness (QED) is 0.697. The molecule has 0 aliphatic rings. The summed E-state index contributed by atoms with van der Waals surface area (Å²) in [6.45, 7) is 6.33. The first-order chi connectivity index (χ1) is 7.88. The molecule has 4 nitrogen and oxygen atoms in total. The van der Waals surface area contributed by atoms with Crippen LogP contribution in [-0.2, 0) is 4.79 Å². The van der Waals surface area contributed by atoms with Gasteiger partial charge in [0.05, 0.1) is 16.8 Å². The summed E-state index contributed by atoms with van der Waals surface area (Å²) < 4.78 is 0. The summed E-state index contributed by atoms with van der Waals surface area (Å²) in [4.78, 5) is 11.6. The molecule has 0 bridgehead atoms. The first-order valence-corrected chi connectivity index (χ1v) is 5.69. The average molecular weight is 235 g/mol. The minimum Gasteiger partial charge on any atom is -0.397 e. The molecule has 17 heavy (non-hydrogen) atoms. The standard InChI is InChI=1S/C13H21N3O/c1-9-6-5-7-10(14)11(9)16-8-13(2,3)12(17)15-4/h5-7,16H,8,14H2,1-4H3,(H,15,17). The molecule has 0 aromatic heterocycles. The third kappa shape index (κ3) is 3.12. The van der Waals surface area contributed by atoms with Crippen LogP contribution in [-0.4, -0.2) is 19.5 Å². The number of carbonyl (C=O) groups excluding carboxylic acids is 1. The predicted octanol–water partition coefficient (Wildman–Crippen LogP) is 1.76. The van der Waals surface area contributed by atoms with Gasteiger partial charge in [-0.05, 0) is 32.4 Å². The number of nitrogen functional groups attached to an aromatic ring is 1. The Hall–Kier alpha value is -1.71. The molecule has 94 valence electrons. The molecule has 0 heterocycles. The van der Waals surface area contributed by atoms with Crippen LogP contribution < -0.4 is 16.4 Å². The number of hydrogen-bond acceptors (Lipinski definition) is 3. The summed E-state index contributed by atoms with van der Waals surface area (Å²) in [5, 5.41) is 5.91. The van der Waals surface area contributed by atoms with Crippen LogP contribution in [0.3, 0.4) is 0 Å². The van der Waals surface area contributed by atoms with Crippen molar-refractivity contribution in [3.63, 3.8) is 0 Å². The van der Waals surface area contributed by atoms with E-state index >= 15 is 0 Å². The smallest absolute Gasteiger partial charge is 0.227 e. The molecule has 0 aliphatic heterocycles. The molecular formula is C13H21N3O. The van der Waals surface area contributed by atoms with Crippen LogP contribution in [0.4, 0.5) is 11.4 Å². The van der Waals surface area contributed by atoms with Crippen LogP contribution >= 0.6 is 0 Å². The number of benzene rings is 1. The number of amides is 1. The molecule has 0 atom stereocenters. The van der Waals surface area contributed by atoms with Crippen molar-refractivity contribution in [2.75, 3.05) is 24.6 Å². The van der Waals surface area contributed by atoms with Crippen LogP contribution in [0.1, 0.15) is 19.4 Å². The van der Waals surface area contributed by atoms with E-state index in [1.54, 1.807) is 7.05 Å². The largest absolute Gasteiger partial charge is 0.397 e. The second-order valence-corrected chi connectivity index (χ2v) is 4.86. The molecule has 1 aromatic rings. The summed E-state index contributed by atoms with van der Waals surface area (Å²) >= 11 is 0. The fourth-order valence-electron chi connectivity index (χ4n) is 1.66. The third-order valence-corrected chi connectivity index (χ3v) is 2.85. The molecule has 0 unspecified atom stereocenters. The van der Waals surface area contributed by atoms with E-state index in [0.29, 0.717) is 12.2 Å². The van der Waals surface area contributed by atoms with Crippen LogP contribution in [0, 0.1) is 12.3 Å².